The van der Waals surface area contributed by atoms with E-state index in [1.54, 1.807) is 13.0 Å². The third-order valence-corrected chi connectivity index (χ3v) is 3.65. The maximum Gasteiger partial charge on any atom is 0.297 e. The van der Waals surface area contributed by atoms with Crippen LogP contribution in [0, 0.1) is 6.92 Å². The van der Waals surface area contributed by atoms with Crippen LogP contribution < -0.4 is 0 Å². The molecule has 1 rings (SSSR count). The smallest absolute Gasteiger partial charge is 0.282 e. The average Bonchev–Trinajstić information content (AvgIpc) is 1.78. The van der Waals surface area contributed by atoms with Gasteiger partial charge < -0.3 is 0 Å². The molecule has 1 N–H and O–H groups in total. The molecule has 0 saturated carbocycles. The van der Waals surface area contributed by atoms with Gasteiger partial charge in [0.15, 0.2) is 0 Å². The summed E-state index contributed by atoms with van der Waals surface area (Å²) in [5.74, 6) is 0. The normalized spacial score (nSPS) is 11.7. The zero-order chi connectivity index (χ0) is 10.2. The van der Waals surface area contributed by atoms with Crippen molar-refractivity contribution >= 4 is 37.6 Å². The number of benzene rings is 1. The molecule has 0 saturated heterocycles. The Hall–Kier alpha value is -0.100. The summed E-state index contributed by atoms with van der Waals surface area (Å²) in [6.07, 6.45) is 0. The second kappa shape index (κ2) is 3.57. The van der Waals surface area contributed by atoms with Crippen LogP contribution in [0.2, 0.25) is 5.02 Å². The van der Waals surface area contributed by atoms with Crippen molar-refractivity contribution in [2.75, 3.05) is 0 Å². The van der Waals surface area contributed by atoms with E-state index in [-0.39, 0.29) is 14.4 Å². The van der Waals surface area contributed by atoms with Gasteiger partial charge in [0.25, 0.3) is 10.1 Å². The van der Waals surface area contributed by atoms with E-state index >= 15 is 0 Å². The molecule has 3 nitrogen and oxygen atoms in total. The molecular formula is C7H6BrClO3S. The molecule has 0 atom stereocenters. The molecule has 0 fully saturated rings. The van der Waals surface area contributed by atoms with Crippen molar-refractivity contribution < 1.29 is 13.0 Å². The Morgan fingerprint density at radius 1 is 1.46 bits per heavy atom. The maximum absolute atomic E-state index is 10.8. The third kappa shape index (κ3) is 2.43. The highest BCUT2D eigenvalue weighted by molar-refractivity contribution is 9.10. The van der Waals surface area contributed by atoms with Crippen LogP contribution in [0.4, 0.5) is 0 Å². The number of aryl methyl sites for hydroxylation is 1. The summed E-state index contributed by atoms with van der Waals surface area (Å²) in [5.41, 5.74) is 0.810. The first-order valence-electron chi connectivity index (χ1n) is 3.25. The predicted molar refractivity (Wildman–Crippen MR) is 53.7 cm³/mol. The second-order valence-corrected chi connectivity index (χ2v) is 5.15. The van der Waals surface area contributed by atoms with Gasteiger partial charge in [0.05, 0.1) is 5.02 Å². The Labute approximate surface area is 89.6 Å². The van der Waals surface area contributed by atoms with Crippen LogP contribution >= 0.6 is 27.5 Å². The van der Waals surface area contributed by atoms with Crippen molar-refractivity contribution in [1.29, 1.82) is 0 Å². The van der Waals surface area contributed by atoms with E-state index in [0.29, 0.717) is 0 Å². The van der Waals surface area contributed by atoms with Crippen molar-refractivity contribution in [2.45, 2.75) is 11.8 Å². The molecule has 0 heterocycles. The van der Waals surface area contributed by atoms with E-state index in [0.717, 1.165) is 5.56 Å². The fourth-order valence-corrected chi connectivity index (χ4v) is 3.41. The fraction of sp³-hybridized carbons (Fsp3) is 0.143. The molecule has 1 aromatic rings. The minimum absolute atomic E-state index is 0.00868. The standard InChI is InChI=1S/C7H6BrClO3S/c1-4-2-5(8)7(6(9)3-4)13(10,11)12/h2-3H,1H3,(H,10,11,12). The SMILES string of the molecule is Cc1cc(Cl)c(S(=O)(=O)O)c(Br)c1. The first kappa shape index (κ1) is 11.0. The molecule has 0 radical (unpaired) electrons. The largest absolute Gasteiger partial charge is 0.297 e. The Bertz CT molecular complexity index is 418. The van der Waals surface area contributed by atoms with Gasteiger partial charge in [-0.3, -0.25) is 4.55 Å². The summed E-state index contributed by atoms with van der Waals surface area (Å²) in [5, 5.41) is 0.00868. The van der Waals surface area contributed by atoms with Gasteiger partial charge >= 0.3 is 0 Å². The van der Waals surface area contributed by atoms with Crippen LogP contribution in [0.25, 0.3) is 0 Å². The molecule has 0 bridgehead atoms. The maximum atomic E-state index is 10.8. The molecule has 72 valence electrons. The van der Waals surface area contributed by atoms with Crippen molar-refractivity contribution in [1.82, 2.24) is 0 Å². The minimum atomic E-state index is -4.26. The van der Waals surface area contributed by atoms with Gasteiger partial charge in [-0.25, -0.2) is 0 Å². The molecule has 1 aromatic carbocycles. The summed E-state index contributed by atoms with van der Waals surface area (Å²) >= 11 is 8.66. The molecule has 0 amide bonds. The van der Waals surface area contributed by atoms with E-state index in [9.17, 15) is 8.42 Å². The van der Waals surface area contributed by atoms with E-state index in [1.807, 2.05) is 0 Å². The zero-order valence-electron chi connectivity index (χ0n) is 6.58. The summed E-state index contributed by atoms with van der Waals surface area (Å²) in [6, 6.07) is 3.03. The lowest BCUT2D eigenvalue weighted by atomic mass is 10.2. The summed E-state index contributed by atoms with van der Waals surface area (Å²) in [4.78, 5) is -0.292. The lowest BCUT2D eigenvalue weighted by Crippen LogP contribution is -2.00. The molecule has 0 aliphatic heterocycles. The van der Waals surface area contributed by atoms with E-state index < -0.39 is 10.1 Å². The lowest BCUT2D eigenvalue weighted by Gasteiger charge is -2.04. The van der Waals surface area contributed by atoms with Crippen LogP contribution in [-0.4, -0.2) is 13.0 Å². The summed E-state index contributed by atoms with van der Waals surface area (Å²) < 4.78 is 30.7. The Morgan fingerprint density at radius 2 is 2.00 bits per heavy atom. The molecule has 0 aliphatic carbocycles. The van der Waals surface area contributed by atoms with E-state index in [1.165, 1.54) is 6.07 Å². The molecule has 0 aromatic heterocycles. The number of hydrogen-bond donors (Lipinski definition) is 1. The summed E-state index contributed by atoms with van der Waals surface area (Å²) in [6.45, 7) is 1.77. The Balaban J connectivity index is 3.57. The van der Waals surface area contributed by atoms with E-state index in [4.69, 9.17) is 16.2 Å². The first-order chi connectivity index (χ1) is 5.82. The second-order valence-electron chi connectivity index (χ2n) is 2.53. The Morgan fingerprint density at radius 3 is 2.38 bits per heavy atom. The molecule has 0 unspecified atom stereocenters. The first-order valence-corrected chi connectivity index (χ1v) is 5.86. The highest BCUT2D eigenvalue weighted by atomic mass is 79.9. The zero-order valence-corrected chi connectivity index (χ0v) is 9.74. The molecule has 0 aliphatic rings. The number of rotatable bonds is 1. The van der Waals surface area contributed by atoms with Crippen LogP contribution in [-0.2, 0) is 10.1 Å². The molecule has 6 heteroatoms. The van der Waals surface area contributed by atoms with Crippen molar-refractivity contribution in [2.24, 2.45) is 0 Å². The van der Waals surface area contributed by atoms with Crippen molar-refractivity contribution in [3.8, 4) is 0 Å². The Kier molecular flexibility index (Phi) is 3.01. The molecule has 13 heavy (non-hydrogen) atoms. The van der Waals surface area contributed by atoms with Gasteiger partial charge in [0.1, 0.15) is 4.90 Å². The third-order valence-electron chi connectivity index (χ3n) is 1.40. The van der Waals surface area contributed by atoms with Crippen LogP contribution in [0.5, 0.6) is 0 Å². The molecule has 0 spiro atoms. The topological polar surface area (TPSA) is 54.4 Å². The van der Waals surface area contributed by atoms with Crippen LogP contribution in [0.3, 0.4) is 0 Å². The highest BCUT2D eigenvalue weighted by Gasteiger charge is 2.18. The lowest BCUT2D eigenvalue weighted by molar-refractivity contribution is 0.482. The fourth-order valence-electron chi connectivity index (χ4n) is 0.933. The van der Waals surface area contributed by atoms with Gasteiger partial charge in [-0.1, -0.05) is 11.6 Å². The highest BCUT2D eigenvalue weighted by Crippen LogP contribution is 2.30. The van der Waals surface area contributed by atoms with Crippen LogP contribution in [0.15, 0.2) is 21.5 Å². The number of hydrogen-bond acceptors (Lipinski definition) is 2. The monoisotopic (exact) mass is 284 g/mol. The van der Waals surface area contributed by atoms with Gasteiger partial charge in [0, 0.05) is 4.47 Å². The quantitative estimate of drug-likeness (QED) is 0.807. The summed E-state index contributed by atoms with van der Waals surface area (Å²) in [7, 11) is -4.26. The number of halogens is 2. The predicted octanol–water partition coefficient (Wildman–Crippen LogP) is 2.66. The van der Waals surface area contributed by atoms with E-state index in [2.05, 4.69) is 15.9 Å². The average molecular weight is 286 g/mol. The van der Waals surface area contributed by atoms with Crippen molar-refractivity contribution in [3.05, 3.63) is 27.2 Å². The van der Waals surface area contributed by atoms with Gasteiger partial charge in [-0.15, -0.1) is 0 Å². The van der Waals surface area contributed by atoms with Gasteiger partial charge in [-0.2, -0.15) is 8.42 Å². The van der Waals surface area contributed by atoms with Gasteiger partial charge in [0.2, 0.25) is 0 Å². The minimum Gasteiger partial charge on any atom is -0.282 e. The van der Waals surface area contributed by atoms with Crippen LogP contribution in [0.1, 0.15) is 5.56 Å². The van der Waals surface area contributed by atoms with Gasteiger partial charge in [-0.05, 0) is 40.5 Å². The molecular weight excluding hydrogens is 279 g/mol. The van der Waals surface area contributed by atoms with Crippen molar-refractivity contribution in [3.63, 3.8) is 0 Å².